The van der Waals surface area contributed by atoms with E-state index >= 15 is 0 Å². The van der Waals surface area contributed by atoms with Gasteiger partial charge in [-0.2, -0.15) is 0 Å². The lowest BCUT2D eigenvalue weighted by molar-refractivity contribution is 0.406. The van der Waals surface area contributed by atoms with Crippen LogP contribution in [0.3, 0.4) is 0 Å². The minimum absolute atomic E-state index is 0.318. The van der Waals surface area contributed by atoms with Crippen molar-refractivity contribution < 1.29 is 5.11 Å². The predicted octanol–water partition coefficient (Wildman–Crippen LogP) is 4.01. The number of phenols is 1. The molecule has 0 atom stereocenters. The smallest absolute Gasteiger partial charge is 0.134 e. The number of rotatable bonds is 2. The number of phenolic OH excluding ortho intramolecular Hbond substituents is 1. The van der Waals surface area contributed by atoms with Crippen molar-refractivity contribution in [3.05, 3.63) is 27.7 Å². The molecule has 17 heavy (non-hydrogen) atoms. The first kappa shape index (κ1) is 12.9. The van der Waals surface area contributed by atoms with Crippen molar-refractivity contribution in [2.24, 2.45) is 5.73 Å². The Morgan fingerprint density at radius 1 is 1.29 bits per heavy atom. The minimum Gasteiger partial charge on any atom is -0.506 e. The number of hydrogen-bond acceptors (Lipinski definition) is 2. The van der Waals surface area contributed by atoms with Gasteiger partial charge >= 0.3 is 0 Å². The zero-order chi connectivity index (χ0) is 12.6. The molecule has 1 aliphatic carbocycles. The van der Waals surface area contributed by atoms with Crippen molar-refractivity contribution in [2.45, 2.75) is 51.0 Å². The second kappa shape index (κ2) is 4.62. The van der Waals surface area contributed by atoms with Crippen LogP contribution in [-0.2, 0) is 5.54 Å². The topological polar surface area (TPSA) is 46.2 Å². The zero-order valence-corrected chi connectivity index (χ0v) is 12.0. The molecule has 0 aliphatic heterocycles. The summed E-state index contributed by atoms with van der Waals surface area (Å²) in [6.07, 6.45) is 4.24. The average Bonchev–Trinajstić information content (AvgIpc) is 2.69. The minimum atomic E-state index is -0.336. The van der Waals surface area contributed by atoms with E-state index < -0.39 is 0 Å². The number of nitrogens with two attached hydrogens (primary N) is 1. The lowest BCUT2D eigenvalue weighted by atomic mass is 9.86. The first-order valence-electron chi connectivity index (χ1n) is 6.26. The van der Waals surface area contributed by atoms with Gasteiger partial charge in [0.15, 0.2) is 0 Å². The van der Waals surface area contributed by atoms with E-state index in [1.807, 2.05) is 6.07 Å². The highest BCUT2D eigenvalue weighted by molar-refractivity contribution is 9.10. The third-order valence-electron chi connectivity index (χ3n) is 3.78. The van der Waals surface area contributed by atoms with Crippen molar-refractivity contribution in [2.75, 3.05) is 0 Å². The van der Waals surface area contributed by atoms with Crippen molar-refractivity contribution in [1.82, 2.24) is 0 Å². The van der Waals surface area contributed by atoms with Crippen LogP contribution in [0.25, 0.3) is 0 Å². The van der Waals surface area contributed by atoms with Crippen LogP contribution in [0.2, 0.25) is 0 Å². The molecule has 94 valence electrons. The molecule has 1 aromatic carbocycles. The van der Waals surface area contributed by atoms with Gasteiger partial charge in [-0.1, -0.05) is 26.7 Å². The molecule has 3 heteroatoms. The summed E-state index contributed by atoms with van der Waals surface area (Å²) in [6.45, 7) is 4.31. The second-order valence-electron chi connectivity index (χ2n) is 5.42. The van der Waals surface area contributed by atoms with Crippen LogP contribution in [0.4, 0.5) is 0 Å². The van der Waals surface area contributed by atoms with Gasteiger partial charge in [-0.15, -0.1) is 0 Å². The van der Waals surface area contributed by atoms with Gasteiger partial charge in [-0.25, -0.2) is 0 Å². The molecular weight excluding hydrogens is 278 g/mol. The van der Waals surface area contributed by atoms with E-state index in [4.69, 9.17) is 5.73 Å². The number of halogens is 1. The molecule has 1 saturated carbocycles. The summed E-state index contributed by atoms with van der Waals surface area (Å²) in [5.74, 6) is 0.759. The SMILES string of the molecule is CC(C)c1cc(Br)c(O)c(C2(N)CCCC2)c1. The average molecular weight is 298 g/mol. The molecule has 2 nitrogen and oxygen atoms in total. The Labute approximate surface area is 111 Å². The van der Waals surface area contributed by atoms with E-state index in [1.54, 1.807) is 0 Å². The van der Waals surface area contributed by atoms with E-state index in [9.17, 15) is 5.11 Å². The van der Waals surface area contributed by atoms with Gasteiger partial charge in [-0.05, 0) is 52.4 Å². The molecule has 0 heterocycles. The summed E-state index contributed by atoms with van der Waals surface area (Å²) < 4.78 is 0.760. The summed E-state index contributed by atoms with van der Waals surface area (Å²) in [5, 5.41) is 10.2. The van der Waals surface area contributed by atoms with E-state index in [0.29, 0.717) is 11.7 Å². The van der Waals surface area contributed by atoms with Gasteiger partial charge in [0.05, 0.1) is 4.47 Å². The van der Waals surface area contributed by atoms with Crippen molar-refractivity contribution in [1.29, 1.82) is 0 Å². The third kappa shape index (κ3) is 2.36. The highest BCUT2D eigenvalue weighted by Crippen LogP contribution is 2.44. The summed E-state index contributed by atoms with van der Waals surface area (Å²) in [4.78, 5) is 0. The van der Waals surface area contributed by atoms with Crippen LogP contribution in [0, 0.1) is 0 Å². The zero-order valence-electron chi connectivity index (χ0n) is 10.5. The van der Waals surface area contributed by atoms with E-state index in [2.05, 4.69) is 35.8 Å². The molecule has 1 aromatic rings. The lowest BCUT2D eigenvalue weighted by Gasteiger charge is -2.27. The van der Waals surface area contributed by atoms with Gasteiger partial charge in [0.2, 0.25) is 0 Å². The molecular formula is C14H20BrNO. The van der Waals surface area contributed by atoms with E-state index in [1.165, 1.54) is 5.56 Å². The maximum atomic E-state index is 10.2. The first-order chi connectivity index (χ1) is 7.94. The molecule has 0 radical (unpaired) electrons. The Balaban J connectivity index is 2.52. The molecule has 0 amide bonds. The van der Waals surface area contributed by atoms with Crippen LogP contribution >= 0.6 is 15.9 Å². The summed E-state index contributed by atoms with van der Waals surface area (Å²) in [5.41, 5.74) is 8.24. The predicted molar refractivity (Wildman–Crippen MR) is 74.2 cm³/mol. The van der Waals surface area contributed by atoms with Crippen molar-refractivity contribution in [3.8, 4) is 5.75 Å². The highest BCUT2D eigenvalue weighted by atomic mass is 79.9. The molecule has 3 N–H and O–H groups in total. The van der Waals surface area contributed by atoms with Crippen LogP contribution < -0.4 is 5.73 Å². The third-order valence-corrected chi connectivity index (χ3v) is 4.39. The van der Waals surface area contributed by atoms with E-state index in [0.717, 1.165) is 35.7 Å². The van der Waals surface area contributed by atoms with Gasteiger partial charge in [0, 0.05) is 11.1 Å². The summed E-state index contributed by atoms with van der Waals surface area (Å²) in [6, 6.07) is 4.07. The second-order valence-corrected chi connectivity index (χ2v) is 6.27. The molecule has 0 unspecified atom stereocenters. The summed E-state index contributed by atoms with van der Waals surface area (Å²) >= 11 is 3.43. The monoisotopic (exact) mass is 297 g/mol. The molecule has 0 bridgehead atoms. The fraction of sp³-hybridized carbons (Fsp3) is 0.571. The maximum absolute atomic E-state index is 10.2. The van der Waals surface area contributed by atoms with Crippen LogP contribution in [0.15, 0.2) is 16.6 Å². The van der Waals surface area contributed by atoms with E-state index in [-0.39, 0.29) is 5.54 Å². The normalized spacial score (nSPS) is 18.9. The number of hydrogen-bond donors (Lipinski definition) is 2. The van der Waals surface area contributed by atoms with Gasteiger partial charge in [0.25, 0.3) is 0 Å². The van der Waals surface area contributed by atoms with Gasteiger partial charge in [0.1, 0.15) is 5.75 Å². The molecule has 2 rings (SSSR count). The maximum Gasteiger partial charge on any atom is 0.134 e. The van der Waals surface area contributed by atoms with Crippen molar-refractivity contribution >= 4 is 15.9 Å². The van der Waals surface area contributed by atoms with Crippen LogP contribution in [-0.4, -0.2) is 5.11 Å². The molecule has 1 fully saturated rings. The number of aromatic hydroxyl groups is 1. The molecule has 0 aromatic heterocycles. The Bertz CT molecular complexity index is 422. The standard InChI is InChI=1S/C14H20BrNO/c1-9(2)10-7-11(13(17)12(15)8-10)14(16)5-3-4-6-14/h7-9,17H,3-6,16H2,1-2H3. The molecule has 1 aliphatic rings. The molecule has 0 spiro atoms. The van der Waals surface area contributed by atoms with Crippen LogP contribution in [0.1, 0.15) is 56.6 Å². The fourth-order valence-corrected chi connectivity index (χ4v) is 3.09. The quantitative estimate of drug-likeness (QED) is 0.866. The van der Waals surface area contributed by atoms with Gasteiger partial charge < -0.3 is 10.8 Å². The Hall–Kier alpha value is -0.540. The Morgan fingerprint density at radius 2 is 1.88 bits per heavy atom. The van der Waals surface area contributed by atoms with Crippen molar-refractivity contribution in [3.63, 3.8) is 0 Å². The number of benzene rings is 1. The van der Waals surface area contributed by atoms with Gasteiger partial charge in [-0.3, -0.25) is 0 Å². The Morgan fingerprint density at radius 3 is 2.41 bits per heavy atom. The fourth-order valence-electron chi connectivity index (χ4n) is 2.61. The molecule has 0 saturated heterocycles. The first-order valence-corrected chi connectivity index (χ1v) is 7.05. The largest absolute Gasteiger partial charge is 0.506 e. The Kier molecular flexibility index (Phi) is 3.50. The van der Waals surface area contributed by atoms with Crippen LogP contribution in [0.5, 0.6) is 5.75 Å². The highest BCUT2D eigenvalue weighted by Gasteiger charge is 2.34. The lowest BCUT2D eigenvalue weighted by Crippen LogP contribution is -2.33. The summed E-state index contributed by atoms with van der Waals surface area (Å²) in [7, 11) is 0.